The van der Waals surface area contributed by atoms with E-state index in [0.717, 1.165) is 11.1 Å². The van der Waals surface area contributed by atoms with Crippen LogP contribution in [0.15, 0.2) is 36.4 Å². The molecule has 0 aliphatic heterocycles. The summed E-state index contributed by atoms with van der Waals surface area (Å²) < 4.78 is 10.7. The first-order chi connectivity index (χ1) is 8.65. The van der Waals surface area contributed by atoms with Crippen molar-refractivity contribution in [3.63, 3.8) is 0 Å². The quantitative estimate of drug-likeness (QED) is 0.814. The van der Waals surface area contributed by atoms with Gasteiger partial charge in [-0.15, -0.1) is 0 Å². The van der Waals surface area contributed by atoms with Crippen LogP contribution in [0.2, 0.25) is 0 Å². The number of ether oxygens (including phenoxy) is 2. The molecule has 4 N–H and O–H groups in total. The lowest BCUT2D eigenvalue weighted by atomic mass is 10.0. The molecule has 0 aliphatic carbocycles. The molecule has 0 amide bonds. The van der Waals surface area contributed by atoms with Crippen LogP contribution >= 0.6 is 0 Å². The molecule has 0 saturated heterocycles. The average Bonchev–Trinajstić information content (AvgIpc) is 2.37. The number of nitrogen functional groups attached to an aromatic ring is 2. The van der Waals surface area contributed by atoms with E-state index in [1.54, 1.807) is 20.3 Å². The average molecular weight is 244 g/mol. The van der Waals surface area contributed by atoms with Crippen molar-refractivity contribution in [2.75, 3.05) is 25.7 Å². The highest BCUT2D eigenvalue weighted by Crippen LogP contribution is 2.40. The van der Waals surface area contributed by atoms with Crippen molar-refractivity contribution >= 4 is 11.4 Å². The molecule has 0 heterocycles. The van der Waals surface area contributed by atoms with Crippen molar-refractivity contribution in [3.8, 4) is 22.6 Å². The summed E-state index contributed by atoms with van der Waals surface area (Å²) in [5.74, 6) is 1.26. The van der Waals surface area contributed by atoms with Crippen molar-refractivity contribution in [3.05, 3.63) is 36.4 Å². The molecule has 0 atom stereocenters. The Labute approximate surface area is 106 Å². The Bertz CT molecular complexity index is 568. The maximum atomic E-state index is 5.87. The highest BCUT2D eigenvalue weighted by Gasteiger charge is 2.13. The molecule has 4 nitrogen and oxygen atoms in total. The zero-order chi connectivity index (χ0) is 13.1. The molecule has 18 heavy (non-hydrogen) atoms. The number of rotatable bonds is 3. The van der Waals surface area contributed by atoms with E-state index in [4.69, 9.17) is 20.9 Å². The fourth-order valence-electron chi connectivity index (χ4n) is 1.91. The Balaban J connectivity index is 2.66. The Morgan fingerprint density at radius 3 is 2.28 bits per heavy atom. The Morgan fingerprint density at radius 1 is 0.889 bits per heavy atom. The monoisotopic (exact) mass is 244 g/mol. The maximum Gasteiger partial charge on any atom is 0.168 e. The van der Waals surface area contributed by atoms with Gasteiger partial charge in [-0.05, 0) is 23.8 Å². The minimum absolute atomic E-state index is 0.606. The van der Waals surface area contributed by atoms with Gasteiger partial charge < -0.3 is 20.9 Å². The molecule has 0 spiro atoms. The molecule has 0 aromatic heterocycles. The number of hydrogen-bond donors (Lipinski definition) is 2. The summed E-state index contributed by atoms with van der Waals surface area (Å²) in [6, 6.07) is 11.1. The predicted molar refractivity (Wildman–Crippen MR) is 73.8 cm³/mol. The summed E-state index contributed by atoms with van der Waals surface area (Å²) in [4.78, 5) is 0. The van der Waals surface area contributed by atoms with Gasteiger partial charge in [0.1, 0.15) is 0 Å². The Morgan fingerprint density at radius 2 is 1.67 bits per heavy atom. The van der Waals surface area contributed by atoms with E-state index in [1.807, 2.05) is 30.3 Å². The van der Waals surface area contributed by atoms with Crippen LogP contribution in [0.5, 0.6) is 11.5 Å². The fraction of sp³-hybridized carbons (Fsp3) is 0.143. The van der Waals surface area contributed by atoms with E-state index < -0.39 is 0 Å². The van der Waals surface area contributed by atoms with Crippen LogP contribution in [-0.4, -0.2) is 14.2 Å². The minimum atomic E-state index is 0.606. The van der Waals surface area contributed by atoms with E-state index >= 15 is 0 Å². The molecule has 0 unspecified atom stereocenters. The summed E-state index contributed by atoms with van der Waals surface area (Å²) in [6.07, 6.45) is 0. The lowest BCUT2D eigenvalue weighted by molar-refractivity contribution is 0.356. The first kappa shape index (κ1) is 12.1. The topological polar surface area (TPSA) is 70.5 Å². The molecule has 94 valence electrons. The van der Waals surface area contributed by atoms with E-state index in [2.05, 4.69) is 0 Å². The van der Waals surface area contributed by atoms with Crippen LogP contribution in [0, 0.1) is 0 Å². The van der Waals surface area contributed by atoms with Gasteiger partial charge in [-0.1, -0.05) is 12.1 Å². The molecular formula is C14H16N2O2. The molecular weight excluding hydrogens is 228 g/mol. The fourth-order valence-corrected chi connectivity index (χ4v) is 1.91. The third kappa shape index (κ3) is 2.18. The van der Waals surface area contributed by atoms with Crippen LogP contribution in [0.3, 0.4) is 0 Å². The SMILES string of the molecule is COc1cc(N)cc(-c2cccc(N)c2)c1OC. The molecule has 0 saturated carbocycles. The third-order valence-corrected chi connectivity index (χ3v) is 2.70. The summed E-state index contributed by atoms with van der Waals surface area (Å²) >= 11 is 0. The van der Waals surface area contributed by atoms with E-state index in [9.17, 15) is 0 Å². The van der Waals surface area contributed by atoms with Gasteiger partial charge in [0.15, 0.2) is 11.5 Å². The van der Waals surface area contributed by atoms with Crippen LogP contribution in [0.25, 0.3) is 11.1 Å². The highest BCUT2D eigenvalue weighted by atomic mass is 16.5. The zero-order valence-corrected chi connectivity index (χ0v) is 10.4. The van der Waals surface area contributed by atoms with Crippen molar-refractivity contribution < 1.29 is 9.47 Å². The van der Waals surface area contributed by atoms with Crippen LogP contribution in [-0.2, 0) is 0 Å². The van der Waals surface area contributed by atoms with E-state index in [-0.39, 0.29) is 0 Å². The number of hydrogen-bond acceptors (Lipinski definition) is 4. The van der Waals surface area contributed by atoms with Gasteiger partial charge in [0.2, 0.25) is 0 Å². The molecule has 0 fully saturated rings. The molecule has 0 aliphatic rings. The molecule has 4 heteroatoms. The molecule has 2 aromatic rings. The first-order valence-corrected chi connectivity index (χ1v) is 5.53. The van der Waals surface area contributed by atoms with Gasteiger partial charge in [0.05, 0.1) is 14.2 Å². The minimum Gasteiger partial charge on any atom is -0.493 e. The van der Waals surface area contributed by atoms with E-state index in [1.165, 1.54) is 0 Å². The van der Waals surface area contributed by atoms with Gasteiger partial charge >= 0.3 is 0 Å². The maximum absolute atomic E-state index is 5.87. The Hall–Kier alpha value is -2.36. The second kappa shape index (κ2) is 4.87. The largest absolute Gasteiger partial charge is 0.493 e. The zero-order valence-electron chi connectivity index (χ0n) is 10.4. The van der Waals surface area contributed by atoms with Crippen LogP contribution in [0.1, 0.15) is 0 Å². The normalized spacial score (nSPS) is 10.1. The predicted octanol–water partition coefficient (Wildman–Crippen LogP) is 2.54. The van der Waals surface area contributed by atoms with Crippen molar-refractivity contribution in [1.82, 2.24) is 0 Å². The molecule has 0 bridgehead atoms. The molecule has 2 rings (SSSR count). The summed E-state index contributed by atoms with van der Waals surface area (Å²) in [5, 5.41) is 0. The Kier molecular flexibility index (Phi) is 3.28. The smallest absolute Gasteiger partial charge is 0.168 e. The summed E-state index contributed by atoms with van der Waals surface area (Å²) in [6.45, 7) is 0. The summed E-state index contributed by atoms with van der Waals surface area (Å²) in [5.41, 5.74) is 14.8. The highest BCUT2D eigenvalue weighted by molar-refractivity contribution is 5.79. The molecule has 2 aromatic carbocycles. The standard InChI is InChI=1S/C14H16N2O2/c1-17-13-8-11(16)7-12(14(13)18-2)9-4-3-5-10(15)6-9/h3-8H,15-16H2,1-2H3. The number of benzene rings is 2. The number of nitrogens with two attached hydrogens (primary N) is 2. The number of anilines is 2. The molecule has 0 radical (unpaired) electrons. The lowest BCUT2D eigenvalue weighted by Crippen LogP contribution is -1.96. The lowest BCUT2D eigenvalue weighted by Gasteiger charge is -2.14. The second-order valence-corrected chi connectivity index (χ2v) is 3.93. The van der Waals surface area contributed by atoms with Gasteiger partial charge in [0, 0.05) is 23.0 Å². The van der Waals surface area contributed by atoms with Crippen LogP contribution in [0.4, 0.5) is 11.4 Å². The first-order valence-electron chi connectivity index (χ1n) is 5.53. The second-order valence-electron chi connectivity index (χ2n) is 3.93. The van der Waals surface area contributed by atoms with Crippen molar-refractivity contribution in [2.24, 2.45) is 0 Å². The number of methoxy groups -OCH3 is 2. The summed E-state index contributed by atoms with van der Waals surface area (Å²) in [7, 11) is 3.18. The third-order valence-electron chi connectivity index (χ3n) is 2.70. The van der Waals surface area contributed by atoms with Gasteiger partial charge in [-0.2, -0.15) is 0 Å². The van der Waals surface area contributed by atoms with Crippen molar-refractivity contribution in [2.45, 2.75) is 0 Å². The van der Waals surface area contributed by atoms with Gasteiger partial charge in [-0.25, -0.2) is 0 Å². The van der Waals surface area contributed by atoms with Crippen molar-refractivity contribution in [1.29, 1.82) is 0 Å². The van der Waals surface area contributed by atoms with Crippen LogP contribution < -0.4 is 20.9 Å². The van der Waals surface area contributed by atoms with Gasteiger partial charge in [0.25, 0.3) is 0 Å². The van der Waals surface area contributed by atoms with E-state index in [0.29, 0.717) is 22.9 Å². The van der Waals surface area contributed by atoms with Gasteiger partial charge in [-0.3, -0.25) is 0 Å².